The molecule has 1 aliphatic heterocycles. The van der Waals surface area contributed by atoms with Gasteiger partial charge >= 0.3 is 0 Å². The lowest BCUT2D eigenvalue weighted by Gasteiger charge is -2.33. The van der Waals surface area contributed by atoms with Crippen LogP contribution in [0, 0.1) is 12.8 Å². The minimum absolute atomic E-state index is 0.0315. The van der Waals surface area contributed by atoms with E-state index in [2.05, 4.69) is 4.90 Å². The minimum Gasteiger partial charge on any atom is -0.309 e. The number of aromatic nitrogens is 1. The van der Waals surface area contributed by atoms with Crippen molar-refractivity contribution < 1.29 is 13.2 Å². The van der Waals surface area contributed by atoms with Crippen molar-refractivity contribution in [2.45, 2.75) is 31.1 Å². The summed E-state index contributed by atoms with van der Waals surface area (Å²) in [6, 6.07) is 12.3. The van der Waals surface area contributed by atoms with Crippen LogP contribution in [0.5, 0.6) is 0 Å². The Morgan fingerprint density at radius 2 is 1.80 bits per heavy atom. The van der Waals surface area contributed by atoms with Gasteiger partial charge in [-0.1, -0.05) is 35.1 Å². The van der Waals surface area contributed by atoms with Gasteiger partial charge in [-0.2, -0.15) is 4.31 Å². The van der Waals surface area contributed by atoms with E-state index in [9.17, 15) is 13.2 Å². The van der Waals surface area contributed by atoms with Gasteiger partial charge in [0.1, 0.15) is 0 Å². The highest BCUT2D eigenvalue weighted by Gasteiger charge is 2.35. The molecule has 2 aromatic carbocycles. The van der Waals surface area contributed by atoms with Gasteiger partial charge in [0.05, 0.1) is 15.1 Å². The summed E-state index contributed by atoms with van der Waals surface area (Å²) in [7, 11) is 0.424. The maximum atomic E-state index is 13.7. The molecule has 1 amide bonds. The number of piperidine rings is 1. The molecule has 0 aliphatic carbocycles. The molecule has 1 fully saturated rings. The molecule has 1 aromatic heterocycles. The molecular formula is C25H31ClN4O3S2. The molecule has 35 heavy (non-hydrogen) atoms. The fraction of sp³-hybridized carbons (Fsp3) is 0.440. The largest absolute Gasteiger partial charge is 0.309 e. The second-order valence-electron chi connectivity index (χ2n) is 9.20. The van der Waals surface area contributed by atoms with Crippen LogP contribution < -0.4 is 4.90 Å². The molecule has 0 spiro atoms. The van der Waals surface area contributed by atoms with Crippen molar-refractivity contribution in [1.82, 2.24) is 14.2 Å². The zero-order chi connectivity index (χ0) is 25.2. The molecule has 0 atom stereocenters. The van der Waals surface area contributed by atoms with Crippen LogP contribution in [0.3, 0.4) is 0 Å². The molecule has 7 nitrogen and oxygen atoms in total. The summed E-state index contributed by atoms with van der Waals surface area (Å²) in [5, 5.41) is 1.21. The SMILES string of the molecule is Cc1cccc2sc(N(CCCN(C)C)C(=O)C3CCN(S(=O)(=O)c4ccc(Cl)cc4)CC3)nc12. The molecule has 0 bridgehead atoms. The Bertz CT molecular complexity index is 1280. The lowest BCUT2D eigenvalue weighted by molar-refractivity contribution is -0.123. The number of anilines is 1. The van der Waals surface area contributed by atoms with Gasteiger partial charge in [-0.25, -0.2) is 13.4 Å². The topological polar surface area (TPSA) is 73.8 Å². The number of carbonyl (C=O) groups is 1. The maximum absolute atomic E-state index is 13.7. The Kier molecular flexibility index (Phi) is 8.12. The van der Waals surface area contributed by atoms with Crippen LogP contribution in [0.25, 0.3) is 10.2 Å². The van der Waals surface area contributed by atoms with Crippen molar-refractivity contribution in [2.75, 3.05) is 45.2 Å². The minimum atomic E-state index is -3.61. The third kappa shape index (κ3) is 5.86. The van der Waals surface area contributed by atoms with Gasteiger partial charge in [0, 0.05) is 30.6 Å². The molecule has 188 valence electrons. The summed E-state index contributed by atoms with van der Waals surface area (Å²) in [5.41, 5.74) is 2.02. The van der Waals surface area contributed by atoms with E-state index in [1.54, 1.807) is 12.1 Å². The summed E-state index contributed by atoms with van der Waals surface area (Å²) in [6.07, 6.45) is 1.80. The van der Waals surface area contributed by atoms with E-state index in [0.29, 0.717) is 42.6 Å². The van der Waals surface area contributed by atoms with Gasteiger partial charge in [0.2, 0.25) is 15.9 Å². The number of amides is 1. The van der Waals surface area contributed by atoms with Gasteiger partial charge < -0.3 is 4.90 Å². The zero-order valence-electron chi connectivity index (χ0n) is 20.3. The summed E-state index contributed by atoms with van der Waals surface area (Å²) in [5.74, 6) is -0.205. The summed E-state index contributed by atoms with van der Waals surface area (Å²) in [6.45, 7) is 4.10. The molecule has 4 rings (SSSR count). The molecule has 1 aliphatic rings. The monoisotopic (exact) mass is 534 g/mol. The number of thiazole rings is 1. The first-order valence-electron chi connectivity index (χ1n) is 11.7. The number of para-hydroxylation sites is 1. The highest BCUT2D eigenvalue weighted by Crippen LogP contribution is 2.33. The number of aryl methyl sites for hydroxylation is 1. The fourth-order valence-corrected chi connectivity index (χ4v) is 7.02. The van der Waals surface area contributed by atoms with Crippen LogP contribution in [-0.4, -0.2) is 68.8 Å². The van der Waals surface area contributed by atoms with Crippen molar-refractivity contribution in [3.63, 3.8) is 0 Å². The van der Waals surface area contributed by atoms with E-state index in [4.69, 9.17) is 16.6 Å². The van der Waals surface area contributed by atoms with E-state index in [0.717, 1.165) is 28.7 Å². The van der Waals surface area contributed by atoms with Crippen LogP contribution >= 0.6 is 22.9 Å². The highest BCUT2D eigenvalue weighted by molar-refractivity contribution is 7.89. The van der Waals surface area contributed by atoms with E-state index in [1.165, 1.54) is 27.8 Å². The van der Waals surface area contributed by atoms with Crippen LogP contribution in [-0.2, 0) is 14.8 Å². The maximum Gasteiger partial charge on any atom is 0.243 e. The van der Waals surface area contributed by atoms with E-state index in [1.807, 2.05) is 44.1 Å². The van der Waals surface area contributed by atoms with Gasteiger partial charge in [0.25, 0.3) is 0 Å². The molecule has 1 saturated heterocycles. The number of carbonyl (C=O) groups excluding carboxylic acids is 1. The number of nitrogens with zero attached hydrogens (tertiary/aromatic N) is 4. The Morgan fingerprint density at radius 1 is 1.11 bits per heavy atom. The Morgan fingerprint density at radius 3 is 2.43 bits per heavy atom. The van der Waals surface area contributed by atoms with Crippen LogP contribution in [0.4, 0.5) is 5.13 Å². The molecule has 0 unspecified atom stereocenters. The standard InChI is InChI=1S/C25H31ClN4O3S2/c1-18-6-4-7-22-23(18)27-25(34-22)30(15-5-14-28(2)3)24(31)19-12-16-29(17-13-19)35(32,33)21-10-8-20(26)9-11-21/h4,6-11,19H,5,12-17H2,1-3H3. The molecule has 3 aromatic rings. The Hall–Kier alpha value is -2.04. The third-order valence-corrected chi connectivity index (χ3v) is 9.56. The number of rotatable bonds is 8. The van der Waals surface area contributed by atoms with E-state index in [-0.39, 0.29) is 16.7 Å². The average Bonchev–Trinajstić information content (AvgIpc) is 3.27. The second kappa shape index (κ2) is 10.9. The number of sulfonamides is 1. The second-order valence-corrected chi connectivity index (χ2v) is 12.6. The van der Waals surface area contributed by atoms with Crippen LogP contribution in [0.1, 0.15) is 24.8 Å². The van der Waals surface area contributed by atoms with Gasteiger partial charge in [-0.3, -0.25) is 9.69 Å². The van der Waals surface area contributed by atoms with Gasteiger partial charge in [-0.05, 0) is 82.7 Å². The third-order valence-electron chi connectivity index (χ3n) is 6.35. The first-order chi connectivity index (χ1) is 16.7. The first-order valence-corrected chi connectivity index (χ1v) is 14.4. The Balaban J connectivity index is 1.50. The lowest BCUT2D eigenvalue weighted by Crippen LogP contribution is -2.45. The number of hydrogen-bond donors (Lipinski definition) is 0. The van der Waals surface area contributed by atoms with Crippen molar-refractivity contribution >= 4 is 54.2 Å². The summed E-state index contributed by atoms with van der Waals surface area (Å²) in [4.78, 5) is 22.7. The van der Waals surface area contributed by atoms with Crippen molar-refractivity contribution in [2.24, 2.45) is 5.92 Å². The van der Waals surface area contributed by atoms with Crippen LogP contribution in [0.15, 0.2) is 47.4 Å². The molecule has 10 heteroatoms. The van der Waals surface area contributed by atoms with Gasteiger partial charge in [0.15, 0.2) is 5.13 Å². The highest BCUT2D eigenvalue weighted by atomic mass is 35.5. The quantitative estimate of drug-likeness (QED) is 0.421. The van der Waals surface area contributed by atoms with E-state index < -0.39 is 10.0 Å². The fourth-order valence-electron chi connectivity index (χ4n) is 4.35. The van der Waals surface area contributed by atoms with E-state index >= 15 is 0 Å². The number of halogens is 1. The molecule has 2 heterocycles. The summed E-state index contributed by atoms with van der Waals surface area (Å²) >= 11 is 7.45. The number of hydrogen-bond acceptors (Lipinski definition) is 6. The predicted molar refractivity (Wildman–Crippen MR) is 143 cm³/mol. The van der Waals surface area contributed by atoms with Crippen molar-refractivity contribution in [3.05, 3.63) is 53.1 Å². The molecule has 0 N–H and O–H groups in total. The van der Waals surface area contributed by atoms with Crippen molar-refractivity contribution in [1.29, 1.82) is 0 Å². The normalized spacial score (nSPS) is 15.7. The van der Waals surface area contributed by atoms with Crippen LogP contribution in [0.2, 0.25) is 5.02 Å². The molecule has 0 saturated carbocycles. The molecular weight excluding hydrogens is 504 g/mol. The smallest absolute Gasteiger partial charge is 0.243 e. The first kappa shape index (κ1) is 26.0. The summed E-state index contributed by atoms with van der Waals surface area (Å²) < 4.78 is 28.6. The molecule has 0 radical (unpaired) electrons. The Labute approximate surface area is 216 Å². The number of fused-ring (bicyclic) bond motifs is 1. The van der Waals surface area contributed by atoms with Gasteiger partial charge in [-0.15, -0.1) is 0 Å². The zero-order valence-corrected chi connectivity index (χ0v) is 22.7. The predicted octanol–water partition coefficient (Wildman–Crippen LogP) is 4.64. The lowest BCUT2D eigenvalue weighted by atomic mass is 9.96. The number of benzene rings is 2. The average molecular weight is 535 g/mol. The van der Waals surface area contributed by atoms with Crippen molar-refractivity contribution in [3.8, 4) is 0 Å².